The number of hydrogen-bond acceptors (Lipinski definition) is 5. The summed E-state index contributed by atoms with van der Waals surface area (Å²) in [4.78, 5) is 2.13. The van der Waals surface area contributed by atoms with Crippen molar-refractivity contribution in [3.63, 3.8) is 0 Å². The van der Waals surface area contributed by atoms with Crippen LogP contribution in [-0.4, -0.2) is 0 Å². The normalized spacial score (nSPS) is 12.5. The van der Waals surface area contributed by atoms with Crippen LogP contribution in [0.25, 0.3) is 54.6 Å². The van der Waals surface area contributed by atoms with E-state index in [9.17, 15) is 9.13 Å². The smallest absolute Gasteiger partial charge is 0.197 e. The predicted molar refractivity (Wildman–Crippen MR) is 244 cm³/mol. The van der Waals surface area contributed by atoms with Gasteiger partial charge in [0, 0.05) is 27.7 Å². The molecule has 0 fully saturated rings. The van der Waals surface area contributed by atoms with Crippen molar-refractivity contribution >= 4 is 132 Å². The number of fused-ring (bicyclic) bond motifs is 4. The minimum Gasteiger partial charge on any atom is -0.311 e. The van der Waals surface area contributed by atoms with Crippen LogP contribution in [0.15, 0.2) is 164 Å². The van der Waals surface area contributed by atoms with Crippen molar-refractivity contribution in [2.24, 2.45) is 0 Å². The quantitative estimate of drug-likeness (QED) is 0.0567. The van der Waals surface area contributed by atoms with Crippen molar-refractivity contribution in [3.8, 4) is 22.3 Å². The van der Waals surface area contributed by atoms with Crippen molar-refractivity contribution in [3.05, 3.63) is 164 Å². The van der Waals surface area contributed by atoms with Crippen LogP contribution >= 0.6 is 34.4 Å². The molecular formula is C42H28INO2P2S4. The third-order valence-electron chi connectivity index (χ3n) is 9.24. The number of anilines is 3. The topological polar surface area (TPSA) is 37.4 Å². The highest BCUT2D eigenvalue weighted by Gasteiger charge is 2.14. The fourth-order valence-electron chi connectivity index (χ4n) is 6.63. The molecule has 3 atom stereocenters. The van der Waals surface area contributed by atoms with Crippen LogP contribution in [0, 0.1) is 0 Å². The molecule has 0 N–H and O–H groups in total. The number of benzene rings is 8. The van der Waals surface area contributed by atoms with Gasteiger partial charge in [-0.05, 0) is 192 Å². The summed E-state index contributed by atoms with van der Waals surface area (Å²) in [6, 6.07) is 56.9. The molecule has 0 bridgehead atoms. The van der Waals surface area contributed by atoms with Gasteiger partial charge < -0.3 is 4.90 Å². The molecule has 8 aromatic carbocycles. The van der Waals surface area contributed by atoms with Gasteiger partial charge in [0.1, 0.15) is 0 Å². The van der Waals surface area contributed by atoms with E-state index >= 15 is 0 Å². The van der Waals surface area contributed by atoms with Gasteiger partial charge in [0.25, 0.3) is 0 Å². The van der Waals surface area contributed by atoms with E-state index in [1.54, 1.807) is 0 Å². The van der Waals surface area contributed by atoms with E-state index < -0.39 is 19.0 Å². The molecule has 0 amide bonds. The molecule has 0 saturated heterocycles. The molecule has 3 nitrogen and oxygen atoms in total. The lowest BCUT2D eigenvalue weighted by molar-refractivity contribution is 0.601. The van der Waals surface area contributed by atoms with Crippen molar-refractivity contribution in [1.82, 2.24) is 0 Å². The van der Waals surface area contributed by atoms with Gasteiger partial charge in [0.15, 0.2) is 13.2 Å². The molecule has 8 rings (SSSR count). The van der Waals surface area contributed by atoms with Crippen molar-refractivity contribution in [2.45, 2.75) is 0 Å². The maximum Gasteiger partial charge on any atom is 0.197 e. The highest BCUT2D eigenvalue weighted by Crippen LogP contribution is 2.37. The fourth-order valence-corrected chi connectivity index (χ4v) is 13.1. The van der Waals surface area contributed by atoms with Gasteiger partial charge in [0.05, 0.1) is 0 Å². The second-order valence-corrected chi connectivity index (χ2v) is 29.1. The van der Waals surface area contributed by atoms with Gasteiger partial charge in [-0.2, -0.15) is 0 Å². The van der Waals surface area contributed by atoms with E-state index in [1.807, 2.05) is 48.5 Å². The molecule has 10 heteroatoms. The number of hydrogen-bond donors (Lipinski definition) is 1. The summed E-state index contributed by atoms with van der Waals surface area (Å²) in [6.45, 7) is -3.28. The zero-order chi connectivity index (χ0) is 35.8. The van der Waals surface area contributed by atoms with E-state index in [-0.39, 0.29) is 0 Å². The van der Waals surface area contributed by atoms with Gasteiger partial charge in [0.2, 0.25) is 0 Å². The minimum atomic E-state index is -1.68. The van der Waals surface area contributed by atoms with Gasteiger partial charge >= 0.3 is 0 Å². The molecule has 0 spiro atoms. The Hall–Kier alpha value is -3.72. The highest BCUT2D eigenvalue weighted by molar-refractivity contribution is 14.2. The van der Waals surface area contributed by atoms with Gasteiger partial charge in [-0.1, -0.05) is 84.9 Å². The molecule has 254 valence electrons. The Morgan fingerprint density at radius 3 is 1.54 bits per heavy atom. The standard InChI is InChI=1S/C42H28INO2P2S4/c43-52(50)48(46)40-22-18-38(19-23-40)44(37-16-20-39(21-17-37)47(45)51-49)36-14-11-28(12-15-36)30-6-7-32-26-33(9-8-31(32)25-30)34-13-24-42-35(27-34)10-5-29-3-1-2-4-41(29)42/h1-27,52H. The molecule has 0 aromatic heterocycles. The minimum absolute atomic E-state index is 0.705. The van der Waals surface area contributed by atoms with Gasteiger partial charge in [-0.15, -0.1) is 0 Å². The summed E-state index contributed by atoms with van der Waals surface area (Å²) in [5, 5.41) is 8.89. The number of nitrogens with zero attached hydrogens (tertiary/aromatic N) is 1. The molecule has 0 aliphatic rings. The van der Waals surface area contributed by atoms with Crippen molar-refractivity contribution in [1.29, 1.82) is 0 Å². The number of rotatable bonds is 7. The van der Waals surface area contributed by atoms with E-state index in [1.165, 1.54) is 43.4 Å². The fraction of sp³-hybridized carbons (Fsp3) is 0. The lowest BCUT2D eigenvalue weighted by Crippen LogP contribution is -2.11. The first-order chi connectivity index (χ1) is 25.4. The second-order valence-electron chi connectivity index (χ2n) is 12.2. The zero-order valence-corrected chi connectivity index (χ0v) is 34.6. The zero-order valence-electron chi connectivity index (χ0n) is 27.3. The summed E-state index contributed by atoms with van der Waals surface area (Å²) in [5.41, 5.74) is 7.43. The average molecular weight is 896 g/mol. The van der Waals surface area contributed by atoms with Crippen molar-refractivity contribution < 1.29 is 9.13 Å². The molecule has 52 heavy (non-hydrogen) atoms. The Bertz CT molecular complexity index is 2930. The first-order valence-corrected chi connectivity index (χ1v) is 27.0. The number of halogens is 1. The van der Waals surface area contributed by atoms with E-state index in [4.69, 9.17) is 22.4 Å². The Morgan fingerprint density at radius 2 is 0.942 bits per heavy atom. The maximum atomic E-state index is 12.7. The van der Waals surface area contributed by atoms with E-state index in [0.717, 1.165) is 43.0 Å². The van der Waals surface area contributed by atoms with Crippen LogP contribution in [0.2, 0.25) is 0 Å². The first kappa shape index (κ1) is 35.3. The molecule has 8 aromatic rings. The molecule has 3 unspecified atom stereocenters. The monoisotopic (exact) mass is 895 g/mol. The summed E-state index contributed by atoms with van der Waals surface area (Å²) in [7, 11) is 0.935. The summed E-state index contributed by atoms with van der Waals surface area (Å²) < 4.78 is 25.1. The Morgan fingerprint density at radius 1 is 0.500 bits per heavy atom. The van der Waals surface area contributed by atoms with Crippen LogP contribution in [0.3, 0.4) is 0 Å². The lowest BCUT2D eigenvalue weighted by Gasteiger charge is -2.26. The van der Waals surface area contributed by atoms with E-state index in [2.05, 4.69) is 141 Å². The molecule has 0 saturated carbocycles. The maximum absolute atomic E-state index is 12.7. The van der Waals surface area contributed by atoms with Crippen LogP contribution in [-0.2, 0) is 46.8 Å². The van der Waals surface area contributed by atoms with Crippen LogP contribution in [0.1, 0.15) is 0 Å². The van der Waals surface area contributed by atoms with Crippen LogP contribution in [0.5, 0.6) is 0 Å². The Balaban J connectivity index is 1.10. The molecule has 0 radical (unpaired) electrons. The summed E-state index contributed by atoms with van der Waals surface area (Å²) in [6.07, 6.45) is 0. The molecule has 0 aliphatic carbocycles. The van der Waals surface area contributed by atoms with E-state index in [0.29, 0.717) is 5.30 Å². The molecule has 0 heterocycles. The summed E-state index contributed by atoms with van der Waals surface area (Å²) in [5.74, 6) is -1.01. The van der Waals surface area contributed by atoms with Gasteiger partial charge in [-0.25, -0.2) is 0 Å². The van der Waals surface area contributed by atoms with Crippen LogP contribution < -0.4 is 15.5 Å². The lowest BCUT2D eigenvalue weighted by atomic mass is 9.95. The second kappa shape index (κ2) is 15.3. The van der Waals surface area contributed by atoms with Gasteiger partial charge in [-0.3, -0.25) is 9.13 Å². The average Bonchev–Trinajstić information content (AvgIpc) is 3.20. The van der Waals surface area contributed by atoms with Crippen LogP contribution in [0.4, 0.5) is 17.1 Å². The predicted octanol–water partition coefficient (Wildman–Crippen LogP) is 12.4. The van der Waals surface area contributed by atoms with Crippen molar-refractivity contribution in [2.75, 3.05) is 4.90 Å². The highest BCUT2D eigenvalue weighted by atomic mass is 127. The number of thiol groups is 1. The Labute approximate surface area is 329 Å². The first-order valence-electron chi connectivity index (χ1n) is 16.3. The Kier molecular flexibility index (Phi) is 10.4. The third-order valence-corrected chi connectivity index (χ3v) is 19.8. The molecular weight excluding hydrogens is 868 g/mol. The third kappa shape index (κ3) is 7.14. The SMILES string of the molecule is O=P(=S=S)c1ccc(N(c2ccc(-c3ccc4cc(-c5ccc6c(ccc7ccccc76)c5)ccc4c3)cc2)c2ccc(P(=O)=[SH](=S)I)cc2)cc1. The largest absolute Gasteiger partial charge is 0.311 e. The molecule has 0 aliphatic heterocycles. The summed E-state index contributed by atoms with van der Waals surface area (Å²) >= 11 is 12.4.